The summed E-state index contributed by atoms with van der Waals surface area (Å²) in [6.45, 7) is 15.5. The van der Waals surface area contributed by atoms with Crippen molar-refractivity contribution in [1.82, 2.24) is 0 Å². The number of aliphatic hydroxyl groups excluding tert-OH is 1. The molecule has 0 radical (unpaired) electrons. The molecular formula is C16H29NO2Si. The molecular weight excluding hydrogens is 266 g/mol. The minimum absolute atomic E-state index is 0.229. The van der Waals surface area contributed by atoms with Crippen LogP contribution in [0.4, 0.5) is 0 Å². The molecule has 0 unspecified atom stereocenters. The fourth-order valence-electron chi connectivity index (χ4n) is 3.34. The molecule has 0 bridgehead atoms. The highest BCUT2D eigenvalue weighted by Gasteiger charge is 2.41. The van der Waals surface area contributed by atoms with Gasteiger partial charge < -0.3 is 9.94 Å². The van der Waals surface area contributed by atoms with E-state index in [2.05, 4.69) is 58.2 Å². The molecule has 2 atom stereocenters. The third-order valence-corrected chi connectivity index (χ3v) is 10.8. The summed E-state index contributed by atoms with van der Waals surface area (Å²) in [6, 6.07) is 0. The van der Waals surface area contributed by atoms with E-state index in [0.29, 0.717) is 23.0 Å². The maximum atomic E-state index is 9.52. The van der Waals surface area contributed by atoms with Crippen LogP contribution < -0.4 is 0 Å². The topological polar surface area (TPSA) is 41.8 Å². The van der Waals surface area contributed by atoms with Crippen molar-refractivity contribution >= 4 is 13.8 Å². The molecule has 0 aromatic heterocycles. The van der Waals surface area contributed by atoms with E-state index in [1.807, 2.05) is 0 Å². The Morgan fingerprint density at radius 1 is 1.10 bits per heavy atom. The van der Waals surface area contributed by atoms with Crippen molar-refractivity contribution in [3.8, 4) is 11.5 Å². The molecule has 0 saturated heterocycles. The second-order valence-electron chi connectivity index (χ2n) is 6.77. The molecule has 0 fully saturated rings. The number of hydrogen-bond donors (Lipinski definition) is 1. The van der Waals surface area contributed by atoms with Gasteiger partial charge in [0.2, 0.25) is 0 Å². The lowest BCUT2D eigenvalue weighted by Gasteiger charge is -2.38. The van der Waals surface area contributed by atoms with Gasteiger partial charge in [0.25, 0.3) is 0 Å². The summed E-state index contributed by atoms with van der Waals surface area (Å²) < 4.78 is 0. The molecule has 3 nitrogen and oxygen atoms in total. The fourth-order valence-corrected chi connectivity index (χ4v) is 8.57. The maximum absolute atomic E-state index is 9.52. The summed E-state index contributed by atoms with van der Waals surface area (Å²) in [5.41, 5.74) is 6.26. The molecule has 0 aromatic carbocycles. The Labute approximate surface area is 124 Å². The Morgan fingerprint density at radius 3 is 1.95 bits per heavy atom. The Morgan fingerprint density at radius 2 is 1.60 bits per heavy atom. The zero-order valence-electron chi connectivity index (χ0n) is 13.9. The van der Waals surface area contributed by atoms with Gasteiger partial charge in [0.1, 0.15) is 13.8 Å². The second kappa shape index (κ2) is 6.78. The predicted molar refractivity (Wildman–Crippen MR) is 87.4 cm³/mol. The van der Waals surface area contributed by atoms with Gasteiger partial charge in [0.15, 0.2) is 6.10 Å². The third kappa shape index (κ3) is 3.45. The quantitative estimate of drug-likeness (QED) is 0.634. The molecule has 0 aromatic rings. The minimum Gasteiger partial charge on any atom is -0.389 e. The van der Waals surface area contributed by atoms with Crippen molar-refractivity contribution in [3.05, 3.63) is 0 Å². The van der Waals surface area contributed by atoms with Crippen molar-refractivity contribution < 1.29 is 9.94 Å². The van der Waals surface area contributed by atoms with Crippen molar-refractivity contribution in [2.45, 2.75) is 83.7 Å². The number of oxime groups is 1. The average Bonchev–Trinajstić information content (AvgIpc) is 2.77. The van der Waals surface area contributed by atoms with E-state index in [-0.39, 0.29) is 6.10 Å². The summed E-state index contributed by atoms with van der Waals surface area (Å²) in [5.74, 6) is 3.28. The van der Waals surface area contributed by atoms with Crippen LogP contribution in [0, 0.1) is 11.5 Å². The lowest BCUT2D eigenvalue weighted by atomic mass is 10.1. The highest BCUT2D eigenvalue weighted by molar-refractivity contribution is 6.90. The standard InChI is InChI=1S/C16H29NO2Si/c1-11(2)20(12(3)4,13(5)6)9-8-15-10-16(14(7)18)19-17-15/h11-14,16,18H,10H2,1-7H3/t14-,16-/m1/s1. The van der Waals surface area contributed by atoms with Crippen LogP contribution in [0.2, 0.25) is 16.6 Å². The molecule has 4 heteroatoms. The molecule has 0 saturated carbocycles. The van der Waals surface area contributed by atoms with Gasteiger partial charge in [-0.1, -0.05) is 52.6 Å². The van der Waals surface area contributed by atoms with Crippen molar-refractivity contribution in [1.29, 1.82) is 0 Å². The highest BCUT2D eigenvalue weighted by Crippen LogP contribution is 2.40. The largest absolute Gasteiger partial charge is 0.389 e. The third-order valence-electron chi connectivity index (χ3n) is 4.52. The first-order valence-corrected chi connectivity index (χ1v) is 9.88. The number of hydrogen-bond acceptors (Lipinski definition) is 3. The molecule has 1 N–H and O–H groups in total. The van der Waals surface area contributed by atoms with Gasteiger partial charge in [-0.15, -0.1) is 5.54 Å². The molecule has 0 aliphatic carbocycles. The smallest absolute Gasteiger partial charge is 0.159 e. The van der Waals surface area contributed by atoms with Crippen LogP contribution in [0.15, 0.2) is 5.16 Å². The molecule has 1 aliphatic heterocycles. The first kappa shape index (κ1) is 17.3. The summed E-state index contributed by atoms with van der Waals surface area (Å²) >= 11 is 0. The Hall–Kier alpha value is -0.793. The van der Waals surface area contributed by atoms with Gasteiger partial charge in [-0.05, 0) is 23.5 Å². The van der Waals surface area contributed by atoms with Crippen LogP contribution >= 0.6 is 0 Å². The van der Waals surface area contributed by atoms with Gasteiger partial charge in [-0.2, -0.15) is 0 Å². The Balaban J connectivity index is 2.97. The first-order valence-electron chi connectivity index (χ1n) is 7.65. The van der Waals surface area contributed by atoms with Gasteiger partial charge in [0.05, 0.1) is 6.10 Å². The van der Waals surface area contributed by atoms with E-state index in [4.69, 9.17) is 4.84 Å². The average molecular weight is 295 g/mol. The first-order chi connectivity index (χ1) is 9.21. The van der Waals surface area contributed by atoms with Crippen LogP contribution in [-0.2, 0) is 4.84 Å². The summed E-state index contributed by atoms with van der Waals surface area (Å²) in [5, 5.41) is 13.5. The molecule has 0 spiro atoms. The van der Waals surface area contributed by atoms with E-state index in [9.17, 15) is 5.11 Å². The molecule has 114 valence electrons. The second-order valence-corrected chi connectivity index (χ2v) is 12.4. The van der Waals surface area contributed by atoms with E-state index >= 15 is 0 Å². The van der Waals surface area contributed by atoms with E-state index in [1.165, 1.54) is 0 Å². The minimum atomic E-state index is -1.70. The predicted octanol–water partition coefficient (Wildman–Crippen LogP) is 3.73. The van der Waals surface area contributed by atoms with Gasteiger partial charge in [0, 0.05) is 6.42 Å². The van der Waals surface area contributed by atoms with Crippen molar-refractivity contribution in [2.24, 2.45) is 5.16 Å². The number of rotatable bonds is 4. The summed E-state index contributed by atoms with van der Waals surface area (Å²) in [7, 11) is -1.70. The van der Waals surface area contributed by atoms with Crippen LogP contribution in [-0.4, -0.2) is 31.1 Å². The fraction of sp³-hybridized carbons (Fsp3) is 0.812. The zero-order chi connectivity index (χ0) is 15.5. The number of aliphatic hydroxyl groups is 1. The Bertz CT molecular complexity index is 394. The molecule has 0 amide bonds. The number of nitrogens with zero attached hydrogens (tertiary/aromatic N) is 1. The van der Waals surface area contributed by atoms with Gasteiger partial charge in [-0.25, -0.2) is 0 Å². The van der Waals surface area contributed by atoms with Gasteiger partial charge >= 0.3 is 0 Å². The van der Waals surface area contributed by atoms with Crippen LogP contribution in [0.5, 0.6) is 0 Å². The molecule has 20 heavy (non-hydrogen) atoms. The zero-order valence-corrected chi connectivity index (χ0v) is 14.9. The van der Waals surface area contributed by atoms with Crippen LogP contribution in [0.25, 0.3) is 0 Å². The van der Waals surface area contributed by atoms with E-state index in [0.717, 1.165) is 5.71 Å². The van der Waals surface area contributed by atoms with Crippen LogP contribution in [0.3, 0.4) is 0 Å². The van der Waals surface area contributed by atoms with Crippen molar-refractivity contribution in [3.63, 3.8) is 0 Å². The molecule has 1 heterocycles. The maximum Gasteiger partial charge on any atom is 0.159 e. The summed E-state index contributed by atoms with van der Waals surface area (Å²) in [4.78, 5) is 5.22. The SMILES string of the molecule is CC(C)[Si](C#CC1=NO[C@@H]([C@@H](C)O)C1)(C(C)C)C(C)C. The lowest BCUT2D eigenvalue weighted by Crippen LogP contribution is -2.43. The van der Waals surface area contributed by atoms with E-state index < -0.39 is 14.2 Å². The van der Waals surface area contributed by atoms with Gasteiger partial charge in [-0.3, -0.25) is 0 Å². The van der Waals surface area contributed by atoms with Crippen LogP contribution in [0.1, 0.15) is 54.9 Å². The normalized spacial score (nSPS) is 20.8. The van der Waals surface area contributed by atoms with Crippen molar-refractivity contribution in [2.75, 3.05) is 0 Å². The summed E-state index contributed by atoms with van der Waals surface area (Å²) in [6.07, 6.45) is -0.100. The Kier molecular flexibility index (Phi) is 5.85. The van der Waals surface area contributed by atoms with E-state index in [1.54, 1.807) is 6.92 Å². The lowest BCUT2D eigenvalue weighted by molar-refractivity contribution is -0.00780. The monoisotopic (exact) mass is 295 g/mol. The molecule has 1 rings (SSSR count). The molecule has 1 aliphatic rings. The highest BCUT2D eigenvalue weighted by atomic mass is 28.3.